The Bertz CT molecular complexity index is 402. The largest absolute Gasteiger partial charge is 0.392 e. The van der Waals surface area contributed by atoms with Crippen LogP contribution in [0.2, 0.25) is 0 Å². The second-order valence-corrected chi connectivity index (χ2v) is 5.56. The Morgan fingerprint density at radius 3 is 1.60 bits per heavy atom. The van der Waals surface area contributed by atoms with Gasteiger partial charge in [-0.3, -0.25) is 0 Å². The average Bonchev–Trinajstić information content (AvgIpc) is 2.55. The van der Waals surface area contributed by atoms with Crippen LogP contribution in [0.3, 0.4) is 0 Å². The number of hydrogen-bond donors (Lipinski definition) is 1. The van der Waals surface area contributed by atoms with Crippen molar-refractivity contribution in [2.75, 3.05) is 12.5 Å². The zero-order valence-corrected chi connectivity index (χ0v) is 14.4. The first-order valence-electron chi connectivity index (χ1n) is 5.60. The molecule has 0 aliphatic heterocycles. The van der Waals surface area contributed by atoms with Crippen molar-refractivity contribution in [1.29, 1.82) is 0 Å². The van der Waals surface area contributed by atoms with Crippen molar-refractivity contribution < 1.29 is 5.11 Å². The monoisotopic (exact) mass is 374 g/mol. The standard InChI is InChI=1S/C6H7BrN2S.C6H8N2OS/c1-10-6-8-3-5(2-7)4-9-6;1-10-6-7-2-5(4-9)3-8-6/h3-4H,2H2,1H3;2-3,9H,4H2,1H3. The molecule has 0 amide bonds. The number of thioether (sulfide) groups is 2. The molecule has 0 fully saturated rings. The van der Waals surface area contributed by atoms with E-state index in [-0.39, 0.29) is 6.61 Å². The third-order valence-electron chi connectivity index (χ3n) is 2.07. The first-order valence-corrected chi connectivity index (χ1v) is 9.17. The van der Waals surface area contributed by atoms with E-state index in [1.165, 1.54) is 11.8 Å². The Kier molecular flexibility index (Phi) is 8.75. The summed E-state index contributed by atoms with van der Waals surface area (Å²) in [6.45, 7) is 0.00859. The van der Waals surface area contributed by atoms with Gasteiger partial charge in [0.1, 0.15) is 0 Å². The van der Waals surface area contributed by atoms with Gasteiger partial charge >= 0.3 is 0 Å². The molecule has 20 heavy (non-hydrogen) atoms. The molecule has 2 heterocycles. The predicted molar refractivity (Wildman–Crippen MR) is 86.2 cm³/mol. The fraction of sp³-hybridized carbons (Fsp3) is 0.333. The van der Waals surface area contributed by atoms with E-state index in [9.17, 15) is 0 Å². The molecule has 0 aromatic carbocycles. The van der Waals surface area contributed by atoms with Crippen molar-refractivity contribution in [3.05, 3.63) is 35.9 Å². The molecule has 2 aromatic rings. The van der Waals surface area contributed by atoms with Crippen LogP contribution in [0.4, 0.5) is 0 Å². The molecule has 108 valence electrons. The van der Waals surface area contributed by atoms with Gasteiger partial charge in [0.25, 0.3) is 0 Å². The van der Waals surface area contributed by atoms with Gasteiger partial charge in [0, 0.05) is 35.7 Å². The van der Waals surface area contributed by atoms with E-state index in [1.807, 2.05) is 24.9 Å². The number of alkyl halides is 1. The summed E-state index contributed by atoms with van der Waals surface area (Å²) in [5.74, 6) is 0. The van der Waals surface area contributed by atoms with Gasteiger partial charge < -0.3 is 5.11 Å². The van der Waals surface area contributed by atoms with Crippen LogP contribution >= 0.6 is 39.5 Å². The Labute approximate surface area is 135 Å². The molecule has 8 heteroatoms. The van der Waals surface area contributed by atoms with Gasteiger partial charge in [-0.2, -0.15) is 0 Å². The van der Waals surface area contributed by atoms with Gasteiger partial charge in [-0.15, -0.1) is 0 Å². The highest BCUT2D eigenvalue weighted by atomic mass is 79.9. The molecule has 0 atom stereocenters. The van der Waals surface area contributed by atoms with E-state index < -0.39 is 0 Å². The van der Waals surface area contributed by atoms with Gasteiger partial charge in [-0.05, 0) is 18.1 Å². The number of nitrogens with zero attached hydrogens (tertiary/aromatic N) is 4. The van der Waals surface area contributed by atoms with Gasteiger partial charge in [0.15, 0.2) is 10.3 Å². The molecule has 0 radical (unpaired) electrons. The molecule has 0 saturated heterocycles. The number of hydrogen-bond acceptors (Lipinski definition) is 7. The average molecular weight is 375 g/mol. The minimum absolute atomic E-state index is 0.00859. The van der Waals surface area contributed by atoms with Crippen LogP contribution in [0.25, 0.3) is 0 Å². The number of aromatic nitrogens is 4. The highest BCUT2D eigenvalue weighted by molar-refractivity contribution is 9.08. The maximum atomic E-state index is 8.61. The maximum absolute atomic E-state index is 8.61. The topological polar surface area (TPSA) is 71.8 Å². The second-order valence-electron chi connectivity index (χ2n) is 3.45. The molecular weight excluding hydrogens is 360 g/mol. The van der Waals surface area contributed by atoms with Crippen molar-refractivity contribution in [1.82, 2.24) is 19.9 Å². The maximum Gasteiger partial charge on any atom is 0.187 e. The van der Waals surface area contributed by atoms with Gasteiger partial charge in [-0.1, -0.05) is 39.5 Å². The minimum atomic E-state index is 0.00859. The lowest BCUT2D eigenvalue weighted by atomic mass is 10.4. The Morgan fingerprint density at radius 1 is 0.900 bits per heavy atom. The Hall–Kier alpha value is -0.700. The van der Waals surface area contributed by atoms with Crippen molar-refractivity contribution in [2.45, 2.75) is 22.2 Å². The summed E-state index contributed by atoms with van der Waals surface area (Å²) in [6, 6.07) is 0. The highest BCUT2D eigenvalue weighted by Crippen LogP contribution is 2.08. The van der Waals surface area contributed by atoms with Crippen LogP contribution in [0.15, 0.2) is 35.1 Å². The van der Waals surface area contributed by atoms with Crippen molar-refractivity contribution in [2.24, 2.45) is 0 Å². The second kappa shape index (κ2) is 10.1. The quantitative estimate of drug-likeness (QED) is 0.501. The zero-order valence-electron chi connectivity index (χ0n) is 11.2. The predicted octanol–water partition coefficient (Wildman–Crippen LogP) is 2.78. The molecule has 0 bridgehead atoms. The molecule has 0 spiro atoms. The van der Waals surface area contributed by atoms with E-state index in [0.717, 1.165) is 26.8 Å². The van der Waals surface area contributed by atoms with Crippen LogP contribution in [0.5, 0.6) is 0 Å². The molecule has 0 aliphatic carbocycles. The fourth-order valence-electron chi connectivity index (χ4n) is 1.05. The van der Waals surface area contributed by atoms with Crippen molar-refractivity contribution in [3.63, 3.8) is 0 Å². The molecule has 5 nitrogen and oxygen atoms in total. The first-order chi connectivity index (χ1) is 9.73. The van der Waals surface area contributed by atoms with Crippen LogP contribution in [-0.2, 0) is 11.9 Å². The van der Waals surface area contributed by atoms with Crippen LogP contribution in [-0.4, -0.2) is 37.6 Å². The third kappa shape index (κ3) is 6.17. The van der Waals surface area contributed by atoms with Gasteiger partial charge in [0.05, 0.1) is 6.61 Å². The smallest absolute Gasteiger partial charge is 0.187 e. The molecule has 2 rings (SSSR count). The molecule has 2 aromatic heterocycles. The summed E-state index contributed by atoms with van der Waals surface area (Å²) in [6.07, 6.45) is 10.8. The number of aliphatic hydroxyl groups excluding tert-OH is 1. The van der Waals surface area contributed by atoms with E-state index in [1.54, 1.807) is 24.2 Å². The first kappa shape index (κ1) is 17.4. The summed E-state index contributed by atoms with van der Waals surface area (Å²) < 4.78 is 0. The lowest BCUT2D eigenvalue weighted by Gasteiger charge is -1.94. The summed E-state index contributed by atoms with van der Waals surface area (Å²) >= 11 is 6.35. The van der Waals surface area contributed by atoms with Gasteiger partial charge in [-0.25, -0.2) is 19.9 Å². The molecular formula is C12H15BrN4OS2. The fourth-order valence-corrected chi connectivity index (χ4v) is 1.97. The summed E-state index contributed by atoms with van der Waals surface area (Å²) in [4.78, 5) is 16.1. The van der Waals surface area contributed by atoms with Crippen molar-refractivity contribution in [3.8, 4) is 0 Å². The van der Waals surface area contributed by atoms with Crippen LogP contribution in [0.1, 0.15) is 11.1 Å². The summed E-state index contributed by atoms with van der Waals surface area (Å²) in [7, 11) is 0. The normalized spacial score (nSPS) is 9.80. The van der Waals surface area contributed by atoms with E-state index in [4.69, 9.17) is 5.11 Å². The van der Waals surface area contributed by atoms with E-state index >= 15 is 0 Å². The number of aliphatic hydroxyl groups is 1. The van der Waals surface area contributed by atoms with Crippen LogP contribution < -0.4 is 0 Å². The lowest BCUT2D eigenvalue weighted by molar-refractivity contribution is 0.280. The van der Waals surface area contributed by atoms with E-state index in [2.05, 4.69) is 35.9 Å². The molecule has 0 unspecified atom stereocenters. The number of halogens is 1. The van der Waals surface area contributed by atoms with Crippen LogP contribution in [0, 0.1) is 0 Å². The third-order valence-corrected chi connectivity index (χ3v) is 3.86. The number of rotatable bonds is 4. The summed E-state index contributed by atoms with van der Waals surface area (Å²) in [5.41, 5.74) is 1.86. The molecule has 1 N–H and O–H groups in total. The molecule has 0 aliphatic rings. The lowest BCUT2D eigenvalue weighted by Crippen LogP contribution is -1.89. The Balaban J connectivity index is 0.000000200. The minimum Gasteiger partial charge on any atom is -0.392 e. The summed E-state index contributed by atoms with van der Waals surface area (Å²) in [5, 5.41) is 11.0. The Morgan fingerprint density at radius 2 is 1.30 bits per heavy atom. The highest BCUT2D eigenvalue weighted by Gasteiger charge is 1.93. The van der Waals surface area contributed by atoms with E-state index in [0.29, 0.717) is 0 Å². The SMILES string of the molecule is CSc1ncc(CBr)cn1.CSc1ncc(CO)cn1. The zero-order chi connectivity index (χ0) is 14.8. The molecule has 0 saturated carbocycles. The van der Waals surface area contributed by atoms with Gasteiger partial charge in [0.2, 0.25) is 0 Å². The van der Waals surface area contributed by atoms with Crippen molar-refractivity contribution >= 4 is 39.5 Å².